The third-order valence-corrected chi connectivity index (χ3v) is 12.1. The molecule has 0 aliphatic carbocycles. The number of halogens is 6. The van der Waals surface area contributed by atoms with Crippen LogP contribution in [0.25, 0.3) is 21.8 Å². The molecule has 3 unspecified atom stereocenters. The molecule has 2 amide bonds. The Balaban J connectivity index is 0.000000209. The molecule has 17 nitrogen and oxygen atoms in total. The molecule has 8 rings (SSSR count). The standard InChI is InChI=1S/C24H27F3N2O7.C24H27F3N2O6/c1-12-19-18(14-8-13(34-24(25,26)27)6-7-15(14)28-12)17(30)10-23(35-19)9-16(20(31)33-5)29(11-23)21(32)36-22(2,3)4;1-13-19-15(16-10-14(33-24(25,26)27)6-7-17(16)28-13)8-9-23(34-19)11-18(20(30)32-5)29(12-23)21(31)35-22(2,3)4/h6-8,16-17,30H,9-11H2,1-5H3;6-7,10,18H,8-9,11-12H2,1-5H3/t16-,17?,23?;18-,23?/m00/s1. The zero-order valence-electron chi connectivity index (χ0n) is 40.5. The third kappa shape index (κ3) is 11.5. The molecule has 0 saturated carbocycles. The van der Waals surface area contributed by atoms with E-state index < -0.39 is 83.2 Å². The number of esters is 2. The van der Waals surface area contributed by atoms with E-state index in [9.17, 15) is 50.6 Å². The predicted octanol–water partition coefficient (Wildman–Crippen LogP) is 8.87. The number of carbonyl (C=O) groups excluding carboxylic acids is 4. The van der Waals surface area contributed by atoms with Gasteiger partial charge in [0.25, 0.3) is 0 Å². The molecule has 2 spiro atoms. The molecule has 71 heavy (non-hydrogen) atoms. The van der Waals surface area contributed by atoms with Crippen LogP contribution < -0.4 is 18.9 Å². The number of alkyl halides is 6. The summed E-state index contributed by atoms with van der Waals surface area (Å²) in [6.45, 7) is 13.7. The summed E-state index contributed by atoms with van der Waals surface area (Å²) in [5.41, 5.74) is -0.862. The molecule has 4 aliphatic rings. The smallest absolute Gasteiger partial charge is 0.483 e. The van der Waals surface area contributed by atoms with Crippen molar-refractivity contribution < 1.29 is 88.5 Å². The average Bonchev–Trinajstić information content (AvgIpc) is 3.80. The summed E-state index contributed by atoms with van der Waals surface area (Å²) in [6.07, 6.45) is -11.2. The second kappa shape index (κ2) is 18.6. The number of fused-ring (bicyclic) bond motifs is 6. The van der Waals surface area contributed by atoms with E-state index in [1.165, 1.54) is 48.3 Å². The van der Waals surface area contributed by atoms with Crippen molar-refractivity contribution in [3.8, 4) is 23.0 Å². The SMILES string of the molecule is COC(=O)[C@@H]1CC2(CC(O)c3c(c(C)nc4ccc(OC(F)(F)F)cc34)O2)CN1C(=O)OC(C)(C)C.COC(=O)[C@@H]1CC2(CCc3c(c(C)nc4ccc(OC(F)(F)F)cc34)O2)CN1C(=O)OC(C)(C)C. The molecule has 0 radical (unpaired) electrons. The Bertz CT molecular complexity index is 2760. The van der Waals surface area contributed by atoms with Crippen molar-refractivity contribution in [1.29, 1.82) is 0 Å². The second-order valence-corrected chi connectivity index (χ2v) is 19.9. The average molecular weight is 1010 g/mol. The van der Waals surface area contributed by atoms with Gasteiger partial charge in [0.1, 0.15) is 57.5 Å². The van der Waals surface area contributed by atoms with E-state index in [0.29, 0.717) is 52.0 Å². The topological polar surface area (TPSA) is 195 Å². The van der Waals surface area contributed by atoms with Crippen molar-refractivity contribution in [2.45, 2.75) is 141 Å². The molecule has 386 valence electrons. The van der Waals surface area contributed by atoms with Crippen molar-refractivity contribution in [1.82, 2.24) is 19.8 Å². The van der Waals surface area contributed by atoms with Gasteiger partial charge in [-0.1, -0.05) is 0 Å². The maximum atomic E-state index is 12.9. The van der Waals surface area contributed by atoms with Crippen molar-refractivity contribution in [3.05, 3.63) is 58.9 Å². The van der Waals surface area contributed by atoms with E-state index in [-0.39, 0.29) is 54.8 Å². The number of methoxy groups -OCH3 is 2. The monoisotopic (exact) mass is 1010 g/mol. The summed E-state index contributed by atoms with van der Waals surface area (Å²) >= 11 is 0. The van der Waals surface area contributed by atoms with E-state index in [1.54, 1.807) is 55.4 Å². The quantitative estimate of drug-likeness (QED) is 0.116. The number of likely N-dealkylation sites (tertiary alicyclic amines) is 2. The normalized spacial score (nSPS) is 23.0. The van der Waals surface area contributed by atoms with Crippen LogP contribution in [0.4, 0.5) is 35.9 Å². The molecule has 2 fully saturated rings. The number of aliphatic hydroxyl groups is 1. The second-order valence-electron chi connectivity index (χ2n) is 19.9. The molecular weight excluding hydrogens is 955 g/mol. The van der Waals surface area contributed by atoms with E-state index in [4.69, 9.17) is 28.4 Å². The lowest BCUT2D eigenvalue weighted by molar-refractivity contribution is -0.275. The first kappa shape index (κ1) is 52.3. The van der Waals surface area contributed by atoms with Crippen molar-refractivity contribution in [2.75, 3.05) is 27.3 Å². The fourth-order valence-corrected chi connectivity index (χ4v) is 9.46. The van der Waals surface area contributed by atoms with Gasteiger partial charge in [-0.3, -0.25) is 9.80 Å². The lowest BCUT2D eigenvalue weighted by Crippen LogP contribution is -2.46. The Hall–Kier alpha value is -6.52. The van der Waals surface area contributed by atoms with Gasteiger partial charge in [0.05, 0.1) is 55.8 Å². The highest BCUT2D eigenvalue weighted by molar-refractivity contribution is 5.89. The van der Waals surface area contributed by atoms with Crippen molar-refractivity contribution in [3.63, 3.8) is 0 Å². The van der Waals surface area contributed by atoms with Crippen LogP contribution in [0.1, 0.15) is 95.8 Å². The summed E-state index contributed by atoms with van der Waals surface area (Å²) in [5, 5.41) is 11.9. The number of pyridine rings is 2. The van der Waals surface area contributed by atoms with Gasteiger partial charge in [0, 0.05) is 41.2 Å². The Kier molecular flexibility index (Phi) is 13.7. The number of hydrogen-bond acceptors (Lipinski definition) is 15. The summed E-state index contributed by atoms with van der Waals surface area (Å²) in [4.78, 5) is 62.3. The van der Waals surface area contributed by atoms with Gasteiger partial charge in [-0.05, 0) is 105 Å². The zero-order valence-corrected chi connectivity index (χ0v) is 40.5. The first-order valence-electron chi connectivity index (χ1n) is 22.4. The minimum atomic E-state index is -4.89. The van der Waals surface area contributed by atoms with Gasteiger partial charge in [-0.2, -0.15) is 0 Å². The van der Waals surface area contributed by atoms with E-state index in [0.717, 1.165) is 12.1 Å². The van der Waals surface area contributed by atoms with Gasteiger partial charge in [0.2, 0.25) is 0 Å². The Morgan fingerprint density at radius 3 is 1.58 bits per heavy atom. The first-order valence-corrected chi connectivity index (χ1v) is 22.4. The maximum Gasteiger partial charge on any atom is 0.573 e. The summed E-state index contributed by atoms with van der Waals surface area (Å²) in [6, 6.07) is 5.75. The minimum Gasteiger partial charge on any atom is -0.483 e. The van der Waals surface area contributed by atoms with Crippen molar-refractivity contribution in [2.24, 2.45) is 0 Å². The summed E-state index contributed by atoms with van der Waals surface area (Å²) in [5.74, 6) is -1.44. The van der Waals surface area contributed by atoms with Gasteiger partial charge in [-0.25, -0.2) is 29.1 Å². The molecule has 2 aromatic carbocycles. The van der Waals surface area contributed by atoms with Gasteiger partial charge in [-0.15, -0.1) is 26.3 Å². The largest absolute Gasteiger partial charge is 0.573 e. The Labute approximate surface area is 403 Å². The molecule has 4 aromatic rings. The zero-order chi connectivity index (χ0) is 52.4. The number of benzene rings is 2. The van der Waals surface area contributed by atoms with Crippen LogP contribution in [0.15, 0.2) is 36.4 Å². The molecular formula is C48H54F6N4O13. The number of ether oxygens (including phenoxy) is 8. The number of aromatic nitrogens is 2. The highest BCUT2D eigenvalue weighted by atomic mass is 19.4. The highest BCUT2D eigenvalue weighted by Crippen LogP contribution is 2.50. The number of carbonyl (C=O) groups is 4. The fourth-order valence-electron chi connectivity index (χ4n) is 9.46. The van der Waals surface area contributed by atoms with Crippen LogP contribution in [-0.4, -0.2) is 124 Å². The molecule has 2 saturated heterocycles. The summed E-state index contributed by atoms with van der Waals surface area (Å²) < 4.78 is 118. The minimum absolute atomic E-state index is 0.0180. The van der Waals surface area contributed by atoms with E-state index >= 15 is 0 Å². The van der Waals surface area contributed by atoms with Crippen LogP contribution in [0.5, 0.6) is 23.0 Å². The molecule has 0 bridgehead atoms. The molecule has 23 heteroatoms. The number of nitrogens with zero attached hydrogens (tertiary/aromatic N) is 4. The maximum absolute atomic E-state index is 12.9. The summed E-state index contributed by atoms with van der Waals surface area (Å²) in [7, 11) is 2.45. The van der Waals surface area contributed by atoms with Crippen molar-refractivity contribution >= 4 is 45.9 Å². The first-order chi connectivity index (χ1) is 32.8. The number of aliphatic hydroxyl groups excluding tert-OH is 1. The van der Waals surface area contributed by atoms with Gasteiger partial charge >= 0.3 is 36.8 Å². The van der Waals surface area contributed by atoms with E-state index in [1.807, 2.05) is 0 Å². The fraction of sp³-hybridized carbons (Fsp3) is 0.542. The highest BCUT2D eigenvalue weighted by Gasteiger charge is 2.56. The number of aryl methyl sites for hydroxylation is 3. The Morgan fingerprint density at radius 1 is 0.662 bits per heavy atom. The molecule has 4 aliphatic heterocycles. The van der Waals surface area contributed by atoms with E-state index in [2.05, 4.69) is 19.4 Å². The van der Waals surface area contributed by atoms with Crippen LogP contribution >= 0.6 is 0 Å². The third-order valence-electron chi connectivity index (χ3n) is 12.1. The Morgan fingerprint density at radius 2 is 1.10 bits per heavy atom. The molecule has 6 heterocycles. The lowest BCUT2D eigenvalue weighted by Gasteiger charge is -2.39. The number of amides is 2. The number of rotatable bonds is 4. The number of hydrogen-bond donors (Lipinski definition) is 1. The predicted molar refractivity (Wildman–Crippen MR) is 238 cm³/mol. The van der Waals surface area contributed by atoms with Crippen LogP contribution in [0, 0.1) is 13.8 Å². The van der Waals surface area contributed by atoms with Gasteiger partial charge < -0.3 is 43.0 Å². The van der Waals surface area contributed by atoms with Gasteiger partial charge in [0.15, 0.2) is 0 Å². The van der Waals surface area contributed by atoms with Crippen LogP contribution in [0.3, 0.4) is 0 Å². The molecule has 2 aromatic heterocycles. The molecule has 5 atom stereocenters. The van der Waals surface area contributed by atoms with Crippen LogP contribution in [-0.2, 0) is 35.0 Å². The lowest BCUT2D eigenvalue weighted by atomic mass is 9.85. The van der Waals surface area contributed by atoms with Crippen LogP contribution in [0.2, 0.25) is 0 Å². The molecule has 1 N–H and O–H groups in total.